The van der Waals surface area contributed by atoms with Gasteiger partial charge >= 0.3 is 0 Å². The van der Waals surface area contributed by atoms with Gasteiger partial charge in [0, 0.05) is 12.4 Å². The molecule has 98 valence electrons. The van der Waals surface area contributed by atoms with Gasteiger partial charge in [-0.3, -0.25) is 10.4 Å². The number of amidine groups is 1. The van der Waals surface area contributed by atoms with Gasteiger partial charge in [-0.25, -0.2) is 0 Å². The maximum Gasteiger partial charge on any atom is 0.172 e. The third-order valence-electron chi connectivity index (χ3n) is 2.62. The number of hydrogen-bond donors (Lipinski definition) is 2. The van der Waals surface area contributed by atoms with Gasteiger partial charge in [0.05, 0.1) is 12.7 Å². The highest BCUT2D eigenvalue weighted by molar-refractivity contribution is 5.98. The summed E-state index contributed by atoms with van der Waals surface area (Å²) in [4.78, 5) is 3.95. The summed E-state index contributed by atoms with van der Waals surface area (Å²) in [5, 5.41) is 7.56. The van der Waals surface area contributed by atoms with E-state index < -0.39 is 0 Å². The summed E-state index contributed by atoms with van der Waals surface area (Å²) < 4.78 is 11.0. The monoisotopic (exact) mass is 257 g/mol. The molecule has 1 aromatic heterocycles. The zero-order valence-electron chi connectivity index (χ0n) is 10.6. The maximum atomic E-state index is 7.56. The number of hydrogen-bond acceptors (Lipinski definition) is 4. The number of nitrogens with zero attached hydrogens (tertiary/aromatic N) is 1. The highest BCUT2D eigenvalue weighted by Crippen LogP contribution is 2.31. The highest BCUT2D eigenvalue weighted by atomic mass is 16.5. The Labute approximate surface area is 111 Å². The van der Waals surface area contributed by atoms with E-state index >= 15 is 0 Å². The zero-order chi connectivity index (χ0) is 13.7. The summed E-state index contributed by atoms with van der Waals surface area (Å²) in [5.74, 6) is 0.986. The fourth-order valence-corrected chi connectivity index (χ4v) is 1.67. The molecule has 5 nitrogen and oxygen atoms in total. The maximum absolute atomic E-state index is 7.56. The number of ether oxygens (including phenoxy) is 2. The van der Waals surface area contributed by atoms with Gasteiger partial charge < -0.3 is 15.2 Å². The molecule has 19 heavy (non-hydrogen) atoms. The number of nitrogens with two attached hydrogens (primary N) is 1. The van der Waals surface area contributed by atoms with Crippen LogP contribution in [0.15, 0.2) is 42.7 Å². The number of nitrogen functional groups attached to an aromatic ring is 1. The predicted octanol–water partition coefficient (Wildman–Crippen LogP) is 1.95. The van der Waals surface area contributed by atoms with Crippen LogP contribution in [0, 0.1) is 5.41 Å². The molecule has 0 saturated carbocycles. The van der Waals surface area contributed by atoms with E-state index in [-0.39, 0.29) is 5.84 Å². The molecule has 5 heteroatoms. The number of pyridine rings is 1. The van der Waals surface area contributed by atoms with Gasteiger partial charge in [-0.1, -0.05) is 6.07 Å². The van der Waals surface area contributed by atoms with E-state index in [4.69, 9.17) is 20.6 Å². The van der Waals surface area contributed by atoms with E-state index in [2.05, 4.69) is 4.98 Å². The average Bonchev–Trinajstić information content (AvgIpc) is 2.45. The number of benzene rings is 1. The molecule has 2 aromatic rings. The van der Waals surface area contributed by atoms with Crippen LogP contribution in [0.5, 0.6) is 11.5 Å². The average molecular weight is 257 g/mol. The Morgan fingerprint density at radius 3 is 2.63 bits per heavy atom. The zero-order valence-corrected chi connectivity index (χ0v) is 10.6. The summed E-state index contributed by atoms with van der Waals surface area (Å²) >= 11 is 0. The lowest BCUT2D eigenvalue weighted by Gasteiger charge is -2.14. The van der Waals surface area contributed by atoms with Gasteiger partial charge in [0.15, 0.2) is 11.5 Å². The second-order valence-electron chi connectivity index (χ2n) is 3.89. The van der Waals surface area contributed by atoms with Crippen LogP contribution in [0.2, 0.25) is 0 Å². The van der Waals surface area contributed by atoms with E-state index in [0.717, 1.165) is 5.56 Å². The van der Waals surface area contributed by atoms with Gasteiger partial charge in [-0.05, 0) is 29.8 Å². The topological polar surface area (TPSA) is 81.2 Å². The van der Waals surface area contributed by atoms with E-state index in [1.54, 1.807) is 37.7 Å². The minimum Gasteiger partial charge on any atom is -0.493 e. The molecule has 2 rings (SSSR count). The summed E-state index contributed by atoms with van der Waals surface area (Å²) in [7, 11) is 1.55. The van der Waals surface area contributed by atoms with Gasteiger partial charge in [0.25, 0.3) is 0 Å². The Bertz CT molecular complexity index is 570. The number of nitrogens with one attached hydrogen (secondary N) is 1. The molecule has 0 saturated heterocycles. The Balaban J connectivity index is 2.25. The van der Waals surface area contributed by atoms with E-state index in [1.165, 1.54) is 0 Å². The molecular formula is C14H15N3O2. The van der Waals surface area contributed by atoms with E-state index in [0.29, 0.717) is 23.7 Å². The molecule has 0 bridgehead atoms. The molecule has 0 aliphatic rings. The molecule has 0 amide bonds. The molecule has 1 aromatic carbocycles. The van der Waals surface area contributed by atoms with Gasteiger partial charge in [0.2, 0.25) is 0 Å². The van der Waals surface area contributed by atoms with Gasteiger partial charge in [0.1, 0.15) is 12.4 Å². The number of rotatable bonds is 5. The molecule has 0 unspecified atom stereocenters. The van der Waals surface area contributed by atoms with Crippen LogP contribution in [-0.2, 0) is 6.61 Å². The summed E-state index contributed by atoms with van der Waals surface area (Å²) in [5.41, 5.74) is 7.05. The van der Waals surface area contributed by atoms with Crippen LogP contribution in [0.25, 0.3) is 0 Å². The van der Waals surface area contributed by atoms with Crippen LogP contribution >= 0.6 is 0 Å². The number of methoxy groups -OCH3 is 1. The van der Waals surface area contributed by atoms with E-state index in [9.17, 15) is 0 Å². The summed E-state index contributed by atoms with van der Waals surface area (Å²) in [6.45, 7) is 0.364. The fourth-order valence-electron chi connectivity index (χ4n) is 1.67. The normalized spacial score (nSPS) is 9.95. The first-order chi connectivity index (χ1) is 9.22. The minimum atomic E-state index is -0.0522. The Kier molecular flexibility index (Phi) is 3.97. The second kappa shape index (κ2) is 5.86. The van der Waals surface area contributed by atoms with Crippen molar-refractivity contribution in [2.75, 3.05) is 7.11 Å². The first-order valence-corrected chi connectivity index (χ1v) is 5.75. The highest BCUT2D eigenvalue weighted by Gasteiger charge is 2.12. The van der Waals surface area contributed by atoms with Crippen LogP contribution in [0.4, 0.5) is 0 Å². The van der Waals surface area contributed by atoms with Crippen LogP contribution in [0.1, 0.15) is 11.1 Å². The summed E-state index contributed by atoms with van der Waals surface area (Å²) in [6, 6.07) is 9.00. The Morgan fingerprint density at radius 1 is 1.26 bits per heavy atom. The molecule has 1 heterocycles. The van der Waals surface area contributed by atoms with Crippen LogP contribution < -0.4 is 15.2 Å². The van der Waals surface area contributed by atoms with E-state index in [1.807, 2.05) is 12.1 Å². The smallest absolute Gasteiger partial charge is 0.172 e. The van der Waals surface area contributed by atoms with Crippen molar-refractivity contribution < 1.29 is 9.47 Å². The third kappa shape index (κ3) is 3.01. The fraction of sp³-hybridized carbons (Fsp3) is 0.143. The largest absolute Gasteiger partial charge is 0.493 e. The van der Waals surface area contributed by atoms with Gasteiger partial charge in [-0.15, -0.1) is 0 Å². The molecule has 0 aliphatic heterocycles. The lowest BCUT2D eigenvalue weighted by Crippen LogP contribution is -2.13. The van der Waals surface area contributed by atoms with Crippen molar-refractivity contribution >= 4 is 5.84 Å². The third-order valence-corrected chi connectivity index (χ3v) is 2.62. The standard InChI is InChI=1S/C14H15N3O2/c1-18-12-4-2-3-11(14(15)16)13(12)19-9-10-5-7-17-8-6-10/h2-8H,9H2,1H3,(H3,15,16). The molecule has 0 fully saturated rings. The molecule has 3 N–H and O–H groups in total. The molecule has 0 atom stereocenters. The first-order valence-electron chi connectivity index (χ1n) is 5.75. The van der Waals surface area contributed by atoms with Crippen molar-refractivity contribution in [1.29, 1.82) is 5.41 Å². The Morgan fingerprint density at radius 2 is 2.00 bits per heavy atom. The SMILES string of the molecule is COc1cccc(C(=N)N)c1OCc1ccncc1. The van der Waals surface area contributed by atoms with Crippen molar-refractivity contribution in [2.24, 2.45) is 5.73 Å². The summed E-state index contributed by atoms with van der Waals surface area (Å²) in [6.07, 6.45) is 3.40. The Hall–Kier alpha value is -2.56. The first kappa shape index (κ1) is 12.9. The van der Waals surface area contributed by atoms with Crippen molar-refractivity contribution in [3.8, 4) is 11.5 Å². The lowest BCUT2D eigenvalue weighted by atomic mass is 10.1. The molecule has 0 aliphatic carbocycles. The molecule has 0 spiro atoms. The van der Waals surface area contributed by atoms with Crippen molar-refractivity contribution in [1.82, 2.24) is 4.98 Å². The van der Waals surface area contributed by atoms with Crippen LogP contribution in [-0.4, -0.2) is 17.9 Å². The van der Waals surface area contributed by atoms with Crippen molar-refractivity contribution in [3.05, 3.63) is 53.9 Å². The lowest BCUT2D eigenvalue weighted by molar-refractivity contribution is 0.284. The predicted molar refractivity (Wildman–Crippen MR) is 72.6 cm³/mol. The van der Waals surface area contributed by atoms with Gasteiger partial charge in [-0.2, -0.15) is 0 Å². The minimum absolute atomic E-state index is 0.0522. The van der Waals surface area contributed by atoms with Crippen molar-refractivity contribution in [2.45, 2.75) is 6.61 Å². The molecule has 0 radical (unpaired) electrons. The van der Waals surface area contributed by atoms with Crippen LogP contribution in [0.3, 0.4) is 0 Å². The number of para-hydroxylation sites is 1. The quantitative estimate of drug-likeness (QED) is 0.633. The second-order valence-corrected chi connectivity index (χ2v) is 3.89. The number of aromatic nitrogens is 1. The van der Waals surface area contributed by atoms with Crippen molar-refractivity contribution in [3.63, 3.8) is 0 Å². The molecular weight excluding hydrogens is 242 g/mol.